The fourth-order valence-electron chi connectivity index (χ4n) is 2.75. The Labute approximate surface area is 154 Å². The summed E-state index contributed by atoms with van der Waals surface area (Å²) in [5, 5.41) is 3.11. The van der Waals surface area contributed by atoms with E-state index >= 15 is 0 Å². The lowest BCUT2D eigenvalue weighted by molar-refractivity contribution is 0.297. The van der Waals surface area contributed by atoms with E-state index in [2.05, 4.69) is 15.2 Å². The van der Waals surface area contributed by atoms with Gasteiger partial charge in [-0.05, 0) is 38.1 Å². The molecule has 7 heteroatoms. The van der Waals surface area contributed by atoms with Crippen LogP contribution in [0.5, 0.6) is 11.5 Å². The van der Waals surface area contributed by atoms with Crippen molar-refractivity contribution >= 4 is 35.6 Å². The summed E-state index contributed by atoms with van der Waals surface area (Å²) < 4.78 is 11.3. The number of rotatable bonds is 4. The van der Waals surface area contributed by atoms with Gasteiger partial charge in [0, 0.05) is 24.7 Å². The van der Waals surface area contributed by atoms with E-state index < -0.39 is 0 Å². The second-order valence-electron chi connectivity index (χ2n) is 5.65. The minimum Gasteiger partial charge on any atom is -0.490 e. The van der Waals surface area contributed by atoms with Crippen LogP contribution in [0.1, 0.15) is 19.3 Å². The first kappa shape index (κ1) is 18.1. The van der Waals surface area contributed by atoms with Gasteiger partial charge in [0.05, 0.1) is 19.8 Å². The Bertz CT molecular complexity index is 533. The summed E-state index contributed by atoms with van der Waals surface area (Å²) in [6.45, 7) is 5.44. The number of fused-ring (bicyclic) bond motifs is 1. The van der Waals surface area contributed by atoms with Crippen LogP contribution in [0.2, 0.25) is 0 Å². The van der Waals surface area contributed by atoms with Gasteiger partial charge in [0.25, 0.3) is 0 Å². The third kappa shape index (κ3) is 5.42. The van der Waals surface area contributed by atoms with Crippen LogP contribution >= 0.6 is 24.0 Å². The third-order valence-electron chi connectivity index (χ3n) is 3.92. The Morgan fingerprint density at radius 3 is 2.65 bits per heavy atom. The minimum atomic E-state index is 0. The fourth-order valence-corrected chi connectivity index (χ4v) is 2.75. The maximum absolute atomic E-state index is 5.95. The van der Waals surface area contributed by atoms with E-state index in [0.29, 0.717) is 19.2 Å². The van der Waals surface area contributed by atoms with Crippen LogP contribution < -0.4 is 20.5 Å². The van der Waals surface area contributed by atoms with Gasteiger partial charge in [0.1, 0.15) is 0 Å². The number of aliphatic imine (C=N–C) groups is 1. The predicted octanol–water partition coefficient (Wildman–Crippen LogP) is 2.29. The molecule has 0 saturated carbocycles. The Balaban J connectivity index is 0.00000192. The van der Waals surface area contributed by atoms with Crippen molar-refractivity contribution < 1.29 is 9.47 Å². The number of ether oxygens (including phenoxy) is 2. The molecule has 2 aliphatic rings. The van der Waals surface area contributed by atoms with Gasteiger partial charge >= 0.3 is 0 Å². The normalized spacial score (nSPS) is 18.2. The minimum absolute atomic E-state index is 0. The second-order valence-corrected chi connectivity index (χ2v) is 5.65. The lowest BCUT2D eigenvalue weighted by Gasteiger charge is -2.13. The van der Waals surface area contributed by atoms with Crippen LogP contribution in [0.3, 0.4) is 0 Å². The zero-order valence-electron chi connectivity index (χ0n) is 13.3. The Kier molecular flexibility index (Phi) is 7.22. The van der Waals surface area contributed by atoms with Crippen molar-refractivity contribution in [1.29, 1.82) is 0 Å². The lowest BCUT2D eigenvalue weighted by Crippen LogP contribution is -2.26. The zero-order valence-corrected chi connectivity index (χ0v) is 15.6. The average molecular weight is 432 g/mol. The summed E-state index contributed by atoms with van der Waals surface area (Å²) in [4.78, 5) is 6.80. The van der Waals surface area contributed by atoms with Crippen molar-refractivity contribution in [3.05, 3.63) is 18.2 Å². The summed E-state index contributed by atoms with van der Waals surface area (Å²) in [5.74, 6) is 1.98. The van der Waals surface area contributed by atoms with Crippen LogP contribution in [-0.2, 0) is 0 Å². The summed E-state index contributed by atoms with van der Waals surface area (Å²) in [7, 11) is 0. The van der Waals surface area contributed by atoms with Gasteiger partial charge in [0.2, 0.25) is 0 Å². The number of hydrogen-bond donors (Lipinski definition) is 2. The lowest BCUT2D eigenvalue weighted by atomic mass is 10.3. The molecule has 3 N–H and O–H groups in total. The van der Waals surface area contributed by atoms with Crippen molar-refractivity contribution in [1.82, 2.24) is 4.90 Å². The molecule has 0 spiro atoms. The number of nitrogens with zero attached hydrogens (tertiary/aromatic N) is 2. The van der Waals surface area contributed by atoms with Gasteiger partial charge in [-0.15, -0.1) is 24.0 Å². The summed E-state index contributed by atoms with van der Waals surface area (Å²) in [5.41, 5.74) is 6.81. The molecule has 0 radical (unpaired) electrons. The van der Waals surface area contributed by atoms with Crippen molar-refractivity contribution in [2.45, 2.75) is 19.3 Å². The molecule has 0 unspecified atom stereocenters. The van der Waals surface area contributed by atoms with E-state index in [0.717, 1.165) is 36.7 Å². The molecule has 0 aromatic heterocycles. The van der Waals surface area contributed by atoms with Gasteiger partial charge in [-0.25, -0.2) is 0 Å². The largest absolute Gasteiger partial charge is 0.490 e. The van der Waals surface area contributed by atoms with Crippen LogP contribution in [0.25, 0.3) is 0 Å². The summed E-state index contributed by atoms with van der Waals surface area (Å²) in [6, 6.07) is 5.74. The topological polar surface area (TPSA) is 72.1 Å². The van der Waals surface area contributed by atoms with Gasteiger partial charge in [0.15, 0.2) is 17.5 Å². The molecule has 0 bridgehead atoms. The SMILES string of the molecule is I.NC(=NCCN1CCCC1)Nc1ccc2c(c1)OCCCO2. The molecule has 128 valence electrons. The van der Waals surface area contributed by atoms with Crippen molar-refractivity contribution in [3.8, 4) is 11.5 Å². The van der Waals surface area contributed by atoms with E-state index in [1.54, 1.807) is 0 Å². The van der Waals surface area contributed by atoms with E-state index in [9.17, 15) is 0 Å². The van der Waals surface area contributed by atoms with Crippen molar-refractivity contribution in [2.75, 3.05) is 44.7 Å². The first-order valence-corrected chi connectivity index (χ1v) is 8.00. The van der Waals surface area contributed by atoms with Crippen molar-refractivity contribution in [2.24, 2.45) is 10.7 Å². The number of anilines is 1. The van der Waals surface area contributed by atoms with Crippen LogP contribution in [0.15, 0.2) is 23.2 Å². The summed E-state index contributed by atoms with van der Waals surface area (Å²) >= 11 is 0. The smallest absolute Gasteiger partial charge is 0.193 e. The van der Waals surface area contributed by atoms with E-state index in [4.69, 9.17) is 15.2 Å². The first-order valence-electron chi connectivity index (χ1n) is 8.00. The molecule has 0 aliphatic carbocycles. The molecule has 1 saturated heterocycles. The van der Waals surface area contributed by atoms with Gasteiger partial charge in [-0.1, -0.05) is 0 Å². The molecule has 1 aromatic carbocycles. The number of hydrogen-bond acceptors (Lipinski definition) is 4. The average Bonchev–Trinajstić information content (AvgIpc) is 2.91. The number of nitrogens with one attached hydrogen (secondary N) is 1. The molecule has 2 aliphatic heterocycles. The molecule has 0 amide bonds. The number of benzene rings is 1. The van der Waals surface area contributed by atoms with Gasteiger partial charge in [-0.3, -0.25) is 4.99 Å². The van der Waals surface area contributed by atoms with Crippen molar-refractivity contribution in [3.63, 3.8) is 0 Å². The standard InChI is InChI=1S/C16H24N4O2.HI/c17-16(18-6-9-20-7-1-2-8-20)19-13-4-5-14-15(12-13)22-11-3-10-21-14;/h4-5,12H,1-3,6-11H2,(H3,17,18,19);1H. The molecule has 3 rings (SSSR count). The van der Waals surface area contributed by atoms with E-state index in [1.165, 1.54) is 25.9 Å². The highest BCUT2D eigenvalue weighted by Crippen LogP contribution is 2.32. The van der Waals surface area contributed by atoms with Crippen LogP contribution in [0, 0.1) is 0 Å². The van der Waals surface area contributed by atoms with E-state index in [-0.39, 0.29) is 24.0 Å². The quantitative estimate of drug-likeness (QED) is 0.434. The number of halogens is 1. The molecule has 23 heavy (non-hydrogen) atoms. The van der Waals surface area contributed by atoms with E-state index in [1.807, 2.05) is 18.2 Å². The highest BCUT2D eigenvalue weighted by atomic mass is 127. The molecule has 2 heterocycles. The Morgan fingerprint density at radius 2 is 1.87 bits per heavy atom. The maximum atomic E-state index is 5.95. The van der Waals surface area contributed by atoms with Gasteiger partial charge < -0.3 is 25.4 Å². The molecule has 6 nitrogen and oxygen atoms in total. The van der Waals surface area contributed by atoms with Crippen LogP contribution in [0.4, 0.5) is 5.69 Å². The Morgan fingerprint density at radius 1 is 1.13 bits per heavy atom. The number of guanidine groups is 1. The fraction of sp³-hybridized carbons (Fsp3) is 0.562. The second kappa shape index (κ2) is 9.17. The molecule has 0 atom stereocenters. The molecular weight excluding hydrogens is 407 g/mol. The monoisotopic (exact) mass is 432 g/mol. The summed E-state index contributed by atoms with van der Waals surface area (Å²) in [6.07, 6.45) is 3.50. The van der Waals surface area contributed by atoms with Crippen LogP contribution in [-0.4, -0.2) is 50.3 Å². The highest BCUT2D eigenvalue weighted by Gasteiger charge is 2.11. The first-order chi connectivity index (χ1) is 10.8. The Hall–Kier alpha value is -1.22. The molecule has 1 aromatic rings. The maximum Gasteiger partial charge on any atom is 0.193 e. The third-order valence-corrected chi connectivity index (χ3v) is 3.92. The highest BCUT2D eigenvalue weighted by molar-refractivity contribution is 14.0. The molecule has 1 fully saturated rings. The predicted molar refractivity (Wildman–Crippen MR) is 103 cm³/mol. The van der Waals surface area contributed by atoms with Gasteiger partial charge in [-0.2, -0.15) is 0 Å². The number of likely N-dealkylation sites (tertiary alicyclic amines) is 1. The number of nitrogens with two attached hydrogens (primary N) is 1. The molecular formula is C16H25IN4O2. The zero-order chi connectivity index (χ0) is 15.2.